The summed E-state index contributed by atoms with van der Waals surface area (Å²) in [5.41, 5.74) is 6.34. The van der Waals surface area contributed by atoms with Crippen LogP contribution >= 0.6 is 0 Å². The molecule has 0 unspecified atom stereocenters. The Balaban J connectivity index is 0.000000575. The maximum atomic E-state index is 5.33. The Morgan fingerprint density at radius 2 is 1.23 bits per heavy atom. The van der Waals surface area contributed by atoms with Crippen LogP contribution in [0.2, 0.25) is 0 Å². The van der Waals surface area contributed by atoms with Gasteiger partial charge in [0.15, 0.2) is 11.5 Å². The molecule has 31 heavy (non-hydrogen) atoms. The second-order valence-corrected chi connectivity index (χ2v) is 6.57. The van der Waals surface area contributed by atoms with Crippen LogP contribution in [0, 0.1) is 26.2 Å². The van der Waals surface area contributed by atoms with Crippen LogP contribution < -0.4 is 9.47 Å². The van der Waals surface area contributed by atoms with Crippen LogP contribution in [0.5, 0.6) is 11.5 Å². The van der Waals surface area contributed by atoms with Crippen molar-refractivity contribution >= 4 is 0 Å². The van der Waals surface area contributed by atoms with E-state index < -0.39 is 0 Å². The lowest BCUT2D eigenvalue weighted by molar-refractivity contribution is 0.355. The Bertz CT molecular complexity index is 882. The SMILES string of the molecule is C#CC.CC.CCc1cccc(-c2ccc(OC)c(OC)c2)c1.Cc1ccc(C)cc1. The van der Waals surface area contributed by atoms with Gasteiger partial charge in [-0.2, -0.15) is 0 Å². The molecule has 2 heteroatoms. The van der Waals surface area contributed by atoms with Gasteiger partial charge in [-0.25, -0.2) is 0 Å². The molecule has 2 nitrogen and oxygen atoms in total. The van der Waals surface area contributed by atoms with Gasteiger partial charge in [0.1, 0.15) is 0 Å². The normalized spacial score (nSPS) is 8.74. The van der Waals surface area contributed by atoms with Gasteiger partial charge in [-0.05, 0) is 56.0 Å². The van der Waals surface area contributed by atoms with Crippen LogP contribution in [0.4, 0.5) is 0 Å². The molecule has 0 N–H and O–H groups in total. The summed E-state index contributed by atoms with van der Waals surface area (Å²) in [6.45, 7) is 12.0. The summed E-state index contributed by atoms with van der Waals surface area (Å²) in [6.07, 6.45) is 5.64. The molecule has 0 saturated heterocycles. The molecular weight excluding hydrogens is 380 g/mol. The average Bonchev–Trinajstić information content (AvgIpc) is 2.82. The van der Waals surface area contributed by atoms with Gasteiger partial charge in [0.2, 0.25) is 0 Å². The smallest absolute Gasteiger partial charge is 0.161 e. The van der Waals surface area contributed by atoms with Gasteiger partial charge in [0.05, 0.1) is 14.2 Å². The van der Waals surface area contributed by atoms with E-state index in [1.165, 1.54) is 22.3 Å². The summed E-state index contributed by atoms with van der Waals surface area (Å²) >= 11 is 0. The van der Waals surface area contributed by atoms with E-state index in [2.05, 4.69) is 87.7 Å². The van der Waals surface area contributed by atoms with Gasteiger partial charge in [-0.1, -0.05) is 86.5 Å². The van der Waals surface area contributed by atoms with E-state index >= 15 is 0 Å². The molecule has 0 radical (unpaired) electrons. The van der Waals surface area contributed by atoms with Crippen molar-refractivity contribution in [3.05, 3.63) is 83.4 Å². The standard InChI is InChI=1S/C16H18O2.C8H10.C3H4.C2H6/c1-4-12-6-5-7-13(10-12)14-8-9-15(17-2)16(11-14)18-3;1-7-3-5-8(2)6-4-7;1-3-2;1-2/h5-11H,4H2,1-3H3;3-6H,1-2H3;1H,2H3;1-2H3. The van der Waals surface area contributed by atoms with Crippen molar-refractivity contribution in [3.63, 3.8) is 0 Å². The minimum Gasteiger partial charge on any atom is -0.493 e. The Labute approximate surface area is 190 Å². The van der Waals surface area contributed by atoms with Gasteiger partial charge in [0.25, 0.3) is 0 Å². The number of hydrogen-bond donors (Lipinski definition) is 0. The third-order valence-electron chi connectivity index (χ3n) is 4.27. The second kappa shape index (κ2) is 16.6. The van der Waals surface area contributed by atoms with Crippen LogP contribution in [0.25, 0.3) is 11.1 Å². The number of ether oxygens (including phenoxy) is 2. The molecule has 0 aliphatic heterocycles. The number of rotatable bonds is 4. The van der Waals surface area contributed by atoms with Crippen molar-refractivity contribution in [1.82, 2.24) is 0 Å². The lowest BCUT2D eigenvalue weighted by Crippen LogP contribution is -1.91. The molecule has 0 saturated carbocycles. The van der Waals surface area contributed by atoms with E-state index in [0.29, 0.717) is 0 Å². The lowest BCUT2D eigenvalue weighted by Gasteiger charge is -2.10. The summed E-state index contributed by atoms with van der Waals surface area (Å²) in [5.74, 6) is 3.77. The maximum Gasteiger partial charge on any atom is 0.161 e. The lowest BCUT2D eigenvalue weighted by atomic mass is 10.0. The summed E-state index contributed by atoms with van der Waals surface area (Å²) in [7, 11) is 3.30. The molecule has 166 valence electrons. The van der Waals surface area contributed by atoms with Crippen molar-refractivity contribution in [1.29, 1.82) is 0 Å². The predicted octanol–water partition coefficient (Wildman–Crippen LogP) is 7.90. The number of terminal acetylenes is 1. The fourth-order valence-corrected chi connectivity index (χ4v) is 2.62. The van der Waals surface area contributed by atoms with Gasteiger partial charge in [0, 0.05) is 0 Å². The Morgan fingerprint density at radius 3 is 1.68 bits per heavy atom. The van der Waals surface area contributed by atoms with E-state index in [1.807, 2.05) is 26.0 Å². The first-order valence-electron chi connectivity index (χ1n) is 10.7. The molecule has 0 aliphatic carbocycles. The predicted molar refractivity (Wildman–Crippen MR) is 136 cm³/mol. The van der Waals surface area contributed by atoms with Crippen molar-refractivity contribution in [3.8, 4) is 35.0 Å². The zero-order valence-electron chi connectivity index (χ0n) is 20.5. The highest BCUT2D eigenvalue weighted by Gasteiger charge is 2.06. The number of methoxy groups -OCH3 is 2. The minimum atomic E-state index is 0.757. The summed E-state index contributed by atoms with van der Waals surface area (Å²) in [5, 5.41) is 0. The van der Waals surface area contributed by atoms with Crippen molar-refractivity contribution in [2.24, 2.45) is 0 Å². The Hall–Kier alpha value is -3.18. The monoisotopic (exact) mass is 418 g/mol. The Kier molecular flexibility index (Phi) is 14.9. The first-order chi connectivity index (χ1) is 15.0. The molecule has 0 fully saturated rings. The zero-order valence-corrected chi connectivity index (χ0v) is 20.5. The largest absolute Gasteiger partial charge is 0.493 e. The highest BCUT2D eigenvalue weighted by Crippen LogP contribution is 2.32. The molecule has 3 rings (SSSR count). The molecule has 3 aromatic carbocycles. The quantitative estimate of drug-likeness (QED) is 0.401. The molecule has 3 aromatic rings. The van der Waals surface area contributed by atoms with E-state index in [0.717, 1.165) is 23.5 Å². The third-order valence-corrected chi connectivity index (χ3v) is 4.27. The highest BCUT2D eigenvalue weighted by molar-refractivity contribution is 5.67. The van der Waals surface area contributed by atoms with E-state index in [1.54, 1.807) is 21.1 Å². The molecule has 0 aromatic heterocycles. The molecule has 0 spiro atoms. The van der Waals surface area contributed by atoms with E-state index in [4.69, 9.17) is 9.47 Å². The average molecular weight is 419 g/mol. The van der Waals surface area contributed by atoms with Gasteiger partial charge in [-0.15, -0.1) is 12.3 Å². The van der Waals surface area contributed by atoms with Crippen molar-refractivity contribution < 1.29 is 9.47 Å². The van der Waals surface area contributed by atoms with Crippen LogP contribution in [0.1, 0.15) is 44.4 Å². The third kappa shape index (κ3) is 10.4. The highest BCUT2D eigenvalue weighted by atomic mass is 16.5. The number of aryl methyl sites for hydroxylation is 3. The fraction of sp³-hybridized carbons (Fsp3) is 0.310. The minimum absolute atomic E-state index is 0.757. The molecule has 0 bridgehead atoms. The second-order valence-electron chi connectivity index (χ2n) is 6.57. The molecule has 0 atom stereocenters. The molecular formula is C29H38O2. The van der Waals surface area contributed by atoms with Crippen LogP contribution in [0.15, 0.2) is 66.7 Å². The summed E-state index contributed by atoms with van der Waals surface area (Å²) in [4.78, 5) is 0. The fourth-order valence-electron chi connectivity index (χ4n) is 2.62. The summed E-state index contributed by atoms with van der Waals surface area (Å²) < 4.78 is 10.6. The Morgan fingerprint density at radius 1 is 0.742 bits per heavy atom. The van der Waals surface area contributed by atoms with Crippen molar-refractivity contribution in [2.75, 3.05) is 14.2 Å². The first-order valence-corrected chi connectivity index (χ1v) is 10.7. The molecule has 0 heterocycles. The number of benzene rings is 3. The van der Waals surface area contributed by atoms with Gasteiger partial charge in [-0.3, -0.25) is 0 Å². The van der Waals surface area contributed by atoms with Crippen molar-refractivity contribution in [2.45, 2.75) is 48.0 Å². The van der Waals surface area contributed by atoms with Crippen LogP contribution in [0.3, 0.4) is 0 Å². The van der Waals surface area contributed by atoms with E-state index in [9.17, 15) is 0 Å². The summed E-state index contributed by atoms with van der Waals surface area (Å²) in [6, 6.07) is 23.0. The first kappa shape index (κ1) is 27.8. The maximum absolute atomic E-state index is 5.33. The van der Waals surface area contributed by atoms with Crippen LogP contribution in [-0.2, 0) is 6.42 Å². The van der Waals surface area contributed by atoms with E-state index in [-0.39, 0.29) is 0 Å². The van der Waals surface area contributed by atoms with Crippen LogP contribution in [-0.4, -0.2) is 14.2 Å². The molecule has 0 amide bonds. The topological polar surface area (TPSA) is 18.5 Å². The van der Waals surface area contributed by atoms with Gasteiger partial charge >= 0.3 is 0 Å². The number of hydrogen-bond acceptors (Lipinski definition) is 2. The zero-order chi connectivity index (χ0) is 23.6. The van der Waals surface area contributed by atoms with Gasteiger partial charge < -0.3 is 9.47 Å². The molecule has 0 aliphatic rings.